The van der Waals surface area contributed by atoms with Gasteiger partial charge in [0.2, 0.25) is 0 Å². The first-order chi connectivity index (χ1) is 13.5. The van der Waals surface area contributed by atoms with Crippen LogP contribution in [0.1, 0.15) is 79.6 Å². The van der Waals surface area contributed by atoms with Crippen LogP contribution in [0.15, 0.2) is 0 Å². The van der Waals surface area contributed by atoms with Crippen LogP contribution < -0.4 is 5.32 Å². The van der Waals surface area contributed by atoms with Crippen molar-refractivity contribution in [2.75, 3.05) is 13.3 Å². The van der Waals surface area contributed by atoms with Crippen molar-refractivity contribution in [3.8, 4) is 0 Å². The third kappa shape index (κ3) is 11.5. The number of esters is 1. The maximum absolute atomic E-state index is 12.7. The minimum absolute atomic E-state index is 0.0807. The first kappa shape index (κ1) is 25.8. The number of nitrogens with one attached hydrogen (secondary N) is 1. The largest absolute Gasteiger partial charge is 0.511 e. The van der Waals surface area contributed by atoms with E-state index in [4.69, 9.17) is 14.0 Å². The van der Waals surface area contributed by atoms with Crippen LogP contribution in [-0.4, -0.2) is 37.2 Å². The van der Waals surface area contributed by atoms with E-state index < -0.39 is 31.9 Å². The van der Waals surface area contributed by atoms with E-state index in [1.165, 1.54) is 13.5 Å². The molecule has 0 spiro atoms. The van der Waals surface area contributed by atoms with Crippen molar-refractivity contribution in [2.45, 2.75) is 91.4 Å². The molecule has 7 nitrogen and oxygen atoms in total. The molecule has 1 fully saturated rings. The van der Waals surface area contributed by atoms with Gasteiger partial charge in [0.1, 0.15) is 11.5 Å². The van der Waals surface area contributed by atoms with Gasteiger partial charge in [0, 0.05) is 6.42 Å². The average Bonchev–Trinajstić information content (AvgIpc) is 2.59. The zero-order chi connectivity index (χ0) is 22.0. The van der Waals surface area contributed by atoms with Crippen molar-refractivity contribution in [3.05, 3.63) is 0 Å². The zero-order valence-corrected chi connectivity index (χ0v) is 19.8. The molecule has 1 amide bonds. The molecule has 3 unspecified atom stereocenters. The summed E-state index contributed by atoms with van der Waals surface area (Å²) in [7, 11) is -0.807. The van der Waals surface area contributed by atoms with Gasteiger partial charge in [-0.3, -0.25) is 10.1 Å². The Kier molecular flexibility index (Phi) is 11.1. The second kappa shape index (κ2) is 12.5. The molecule has 1 aliphatic rings. The fourth-order valence-electron chi connectivity index (χ4n) is 3.64. The molecular formula is C21H39NO6P+. The molecule has 1 aliphatic carbocycles. The van der Waals surface area contributed by atoms with Gasteiger partial charge in [0.05, 0.1) is 7.11 Å². The summed E-state index contributed by atoms with van der Waals surface area (Å²) in [6.45, 7) is 9.37. The van der Waals surface area contributed by atoms with Crippen molar-refractivity contribution < 1.29 is 28.2 Å². The number of methoxy groups -OCH3 is 1. The molecule has 0 aromatic carbocycles. The second-order valence-electron chi connectivity index (χ2n) is 9.34. The van der Waals surface area contributed by atoms with Crippen molar-refractivity contribution in [1.82, 2.24) is 5.32 Å². The van der Waals surface area contributed by atoms with Crippen LogP contribution >= 0.6 is 8.03 Å². The number of rotatable bonds is 10. The number of carbonyl (C=O) groups excluding carboxylic acids is 2. The molecule has 3 atom stereocenters. The predicted octanol–water partition coefficient (Wildman–Crippen LogP) is 5.40. The summed E-state index contributed by atoms with van der Waals surface area (Å²) >= 11 is 0. The Hall–Kier alpha value is -1.20. The van der Waals surface area contributed by atoms with Crippen molar-refractivity contribution in [2.24, 2.45) is 17.8 Å². The highest BCUT2D eigenvalue weighted by molar-refractivity contribution is 7.39. The van der Waals surface area contributed by atoms with Crippen molar-refractivity contribution >= 4 is 20.1 Å². The van der Waals surface area contributed by atoms with E-state index in [1.54, 1.807) is 20.8 Å². The van der Waals surface area contributed by atoms with Gasteiger partial charge in [-0.1, -0.05) is 46.0 Å². The zero-order valence-electron chi connectivity index (χ0n) is 18.9. The lowest BCUT2D eigenvalue weighted by Crippen LogP contribution is -2.41. The normalized spacial score (nSPS) is 18.1. The van der Waals surface area contributed by atoms with Gasteiger partial charge in [-0.2, -0.15) is 0 Å². The Bertz CT molecular complexity index is 540. The number of hydrogen-bond acceptors (Lipinski definition) is 6. The molecule has 1 saturated carbocycles. The lowest BCUT2D eigenvalue weighted by molar-refractivity contribution is -0.145. The Labute approximate surface area is 176 Å². The summed E-state index contributed by atoms with van der Waals surface area (Å²) in [5, 5.41) is 2.73. The third-order valence-electron chi connectivity index (χ3n) is 4.85. The smallest absolute Gasteiger partial charge is 0.469 e. The maximum Gasteiger partial charge on any atom is 0.511 e. The Morgan fingerprint density at radius 2 is 1.76 bits per heavy atom. The van der Waals surface area contributed by atoms with Gasteiger partial charge in [0.15, 0.2) is 12.4 Å². The van der Waals surface area contributed by atoms with Gasteiger partial charge in [-0.25, -0.2) is 4.79 Å². The number of ether oxygens (including phenoxy) is 2. The topological polar surface area (TPSA) is 90.9 Å². The standard InChI is InChI=1S/C21H38NO6P/c1-15(2)12-17(19(23)26-6)14-29(25)28-18(13-16-10-8-7-9-11-16)22-20(24)27-21(3,4)5/h15-18H,7-14H2,1-6H3/p+1. The van der Waals surface area contributed by atoms with Crippen LogP contribution in [0, 0.1) is 17.8 Å². The minimum Gasteiger partial charge on any atom is -0.469 e. The Morgan fingerprint density at radius 3 is 2.28 bits per heavy atom. The molecule has 29 heavy (non-hydrogen) atoms. The van der Waals surface area contributed by atoms with Gasteiger partial charge in [-0.05, 0) is 43.6 Å². The highest BCUT2D eigenvalue weighted by Crippen LogP contribution is 2.34. The first-order valence-electron chi connectivity index (χ1n) is 10.7. The molecular weight excluding hydrogens is 393 g/mol. The molecule has 0 bridgehead atoms. The van der Waals surface area contributed by atoms with E-state index in [0.29, 0.717) is 18.8 Å². The van der Waals surface area contributed by atoms with Gasteiger partial charge >= 0.3 is 20.1 Å². The van der Waals surface area contributed by atoms with E-state index in [2.05, 4.69) is 5.32 Å². The van der Waals surface area contributed by atoms with E-state index >= 15 is 0 Å². The SMILES string of the molecule is COC(=O)C(CC(C)C)C[P+](=O)OC(CC1CCCCC1)NC(=O)OC(C)(C)C. The number of carbonyl (C=O) groups is 2. The molecule has 0 aromatic rings. The van der Waals surface area contributed by atoms with E-state index in [9.17, 15) is 14.2 Å². The molecule has 168 valence electrons. The van der Waals surface area contributed by atoms with Crippen LogP contribution in [0.5, 0.6) is 0 Å². The van der Waals surface area contributed by atoms with Crippen LogP contribution in [0.25, 0.3) is 0 Å². The highest BCUT2D eigenvalue weighted by Gasteiger charge is 2.36. The molecule has 0 radical (unpaired) electrons. The van der Waals surface area contributed by atoms with Crippen LogP contribution in [-0.2, 0) is 23.4 Å². The number of hydrogen-bond donors (Lipinski definition) is 1. The summed E-state index contributed by atoms with van der Waals surface area (Å²) in [6.07, 6.45) is 5.65. The van der Waals surface area contributed by atoms with Crippen LogP contribution in [0.4, 0.5) is 4.79 Å². The molecule has 0 saturated heterocycles. The number of alkyl carbamates (subject to hydrolysis) is 1. The summed E-state index contributed by atoms with van der Waals surface area (Å²) in [4.78, 5) is 24.3. The second-order valence-corrected chi connectivity index (χ2v) is 10.6. The van der Waals surface area contributed by atoms with Crippen LogP contribution in [0.2, 0.25) is 0 Å². The maximum atomic E-state index is 12.7. The highest BCUT2D eigenvalue weighted by atomic mass is 31.1. The third-order valence-corrected chi connectivity index (χ3v) is 6.08. The summed E-state index contributed by atoms with van der Waals surface area (Å²) < 4.78 is 28.6. The number of amides is 1. The van der Waals surface area contributed by atoms with Crippen LogP contribution in [0.3, 0.4) is 0 Å². The molecule has 0 aromatic heterocycles. The monoisotopic (exact) mass is 432 g/mol. The first-order valence-corrected chi connectivity index (χ1v) is 12.0. The summed E-state index contributed by atoms with van der Waals surface area (Å²) in [5.41, 5.74) is -0.630. The van der Waals surface area contributed by atoms with E-state index in [-0.39, 0.29) is 18.0 Å². The van der Waals surface area contributed by atoms with Crippen molar-refractivity contribution in [1.29, 1.82) is 0 Å². The van der Waals surface area contributed by atoms with Crippen molar-refractivity contribution in [3.63, 3.8) is 0 Å². The quantitative estimate of drug-likeness (QED) is 0.282. The lowest BCUT2D eigenvalue weighted by atomic mass is 9.86. The van der Waals surface area contributed by atoms with E-state index in [0.717, 1.165) is 25.7 Å². The minimum atomic E-state index is -2.14. The average molecular weight is 433 g/mol. The van der Waals surface area contributed by atoms with Gasteiger partial charge in [-0.15, -0.1) is 4.52 Å². The fraction of sp³-hybridized carbons (Fsp3) is 0.905. The molecule has 0 heterocycles. The van der Waals surface area contributed by atoms with E-state index in [1.807, 2.05) is 13.8 Å². The molecule has 0 aliphatic heterocycles. The molecule has 1 N–H and O–H groups in total. The molecule has 8 heteroatoms. The lowest BCUT2D eigenvalue weighted by Gasteiger charge is -2.26. The summed E-state index contributed by atoms with van der Waals surface area (Å²) in [6, 6.07) is 0. The fourth-order valence-corrected chi connectivity index (χ4v) is 4.81. The predicted molar refractivity (Wildman–Crippen MR) is 113 cm³/mol. The Morgan fingerprint density at radius 1 is 1.14 bits per heavy atom. The molecule has 1 rings (SSSR count). The van der Waals surface area contributed by atoms with Gasteiger partial charge < -0.3 is 9.47 Å². The Balaban J connectivity index is 2.75. The van der Waals surface area contributed by atoms with Gasteiger partial charge in [0.25, 0.3) is 0 Å². The summed E-state index contributed by atoms with van der Waals surface area (Å²) in [5.74, 6) is -0.186.